The average Bonchev–Trinajstić information content (AvgIpc) is 3.42. The number of rotatable bonds is 7. The van der Waals surface area contributed by atoms with Crippen molar-refractivity contribution < 1.29 is 14.3 Å². The van der Waals surface area contributed by atoms with Gasteiger partial charge in [0, 0.05) is 29.1 Å². The summed E-state index contributed by atoms with van der Waals surface area (Å²) in [7, 11) is 0. The Morgan fingerprint density at radius 2 is 2.03 bits per heavy atom. The lowest BCUT2D eigenvalue weighted by Gasteiger charge is -2.28. The first-order chi connectivity index (χ1) is 16.0. The van der Waals surface area contributed by atoms with Crippen molar-refractivity contribution in [1.29, 1.82) is 0 Å². The third-order valence-corrected chi connectivity index (χ3v) is 7.59. The Kier molecular flexibility index (Phi) is 5.67. The van der Waals surface area contributed by atoms with Crippen molar-refractivity contribution >= 4 is 34.2 Å². The Morgan fingerprint density at radius 1 is 1.24 bits per heavy atom. The van der Waals surface area contributed by atoms with Crippen LogP contribution in [0.25, 0.3) is 10.9 Å². The van der Waals surface area contributed by atoms with Gasteiger partial charge in [-0.15, -0.1) is 0 Å². The highest BCUT2D eigenvalue weighted by atomic mass is 16.5. The monoisotopic (exact) mass is 450 g/mol. The molecule has 0 spiro atoms. The summed E-state index contributed by atoms with van der Waals surface area (Å²) in [4.78, 5) is 31.7. The molecule has 0 fully saturated rings. The van der Waals surface area contributed by atoms with E-state index in [4.69, 9.17) is 4.74 Å². The Labute approximate surface area is 194 Å². The number of aromatic nitrogens is 1. The van der Waals surface area contributed by atoms with Crippen LogP contribution >= 0.6 is 0 Å². The number of aromatic amines is 1. The maximum Gasteiger partial charge on any atom is 0.326 e. The van der Waals surface area contributed by atoms with Gasteiger partial charge in [0.25, 0.3) is 0 Å². The molecule has 0 saturated heterocycles. The molecule has 0 bridgehead atoms. The van der Waals surface area contributed by atoms with Gasteiger partial charge < -0.3 is 20.0 Å². The van der Waals surface area contributed by atoms with Gasteiger partial charge in [0.1, 0.15) is 6.54 Å². The van der Waals surface area contributed by atoms with Crippen LogP contribution in [0.4, 0.5) is 5.69 Å². The normalized spacial score (nSPS) is 20.7. The van der Waals surface area contributed by atoms with Crippen LogP contribution < -0.4 is 10.3 Å². The number of H-pyrrole nitrogens is 1. The number of benzene rings is 1. The fourth-order valence-electron chi connectivity index (χ4n) is 6.26. The number of nitrogens with one attached hydrogen (secondary N) is 2. The number of ether oxygens (including phenoxy) is 1. The first kappa shape index (κ1) is 22.0. The molecule has 7 nitrogen and oxygen atoms in total. The molecule has 5 rings (SSSR count). The number of hydrogen-bond donors (Lipinski definition) is 2. The standard InChI is InChI=1S/C26H34N4O3/c1-4-10-26(11-5-2)19-13-20-18(12-21(19)30(25(26)32)15-22(31)33-6-3)17-9-7-8-16-14-27-29-23(16)24(17)28-20/h12-13,16,27-28H,4-11,14-15H2,1-3H3. The summed E-state index contributed by atoms with van der Waals surface area (Å²) in [6.45, 7) is 7.22. The van der Waals surface area contributed by atoms with E-state index < -0.39 is 5.41 Å². The second-order valence-electron chi connectivity index (χ2n) is 9.62. The van der Waals surface area contributed by atoms with Crippen LogP contribution in [0.5, 0.6) is 0 Å². The number of carbonyl (C=O) groups is 2. The molecule has 0 saturated carbocycles. The molecule has 1 aliphatic carbocycles. The molecule has 2 aliphatic heterocycles. The number of amides is 1. The van der Waals surface area contributed by atoms with Crippen LogP contribution in [-0.4, -0.2) is 42.3 Å². The maximum atomic E-state index is 13.9. The highest BCUT2D eigenvalue weighted by molar-refractivity contribution is 6.14. The minimum atomic E-state index is -0.586. The smallest absolute Gasteiger partial charge is 0.326 e. The fraction of sp³-hybridized carbons (Fsp3) is 0.577. The number of hydrogen-bond acceptors (Lipinski definition) is 5. The van der Waals surface area contributed by atoms with Crippen molar-refractivity contribution in [3.63, 3.8) is 0 Å². The molecular weight excluding hydrogens is 416 g/mol. The molecule has 1 amide bonds. The van der Waals surface area contributed by atoms with E-state index in [2.05, 4.69) is 41.5 Å². The molecule has 7 heteroatoms. The van der Waals surface area contributed by atoms with Gasteiger partial charge in [-0.05, 0) is 62.3 Å². The third-order valence-electron chi connectivity index (χ3n) is 7.59. The zero-order valence-electron chi connectivity index (χ0n) is 19.9. The summed E-state index contributed by atoms with van der Waals surface area (Å²) in [6, 6.07) is 4.33. The second kappa shape index (κ2) is 8.50. The highest BCUT2D eigenvalue weighted by Crippen LogP contribution is 2.49. The number of aryl methyl sites for hydroxylation is 1. The molecule has 1 atom stereocenters. The Bertz CT molecular complexity index is 1130. The predicted octanol–water partition coefficient (Wildman–Crippen LogP) is 4.18. The fourth-order valence-corrected chi connectivity index (χ4v) is 6.26. The van der Waals surface area contributed by atoms with Crippen LogP contribution in [0.2, 0.25) is 0 Å². The molecule has 2 N–H and O–H groups in total. The molecule has 1 unspecified atom stereocenters. The summed E-state index contributed by atoms with van der Waals surface area (Å²) in [5, 5.41) is 5.76. The molecule has 0 radical (unpaired) electrons. The zero-order chi connectivity index (χ0) is 23.2. The van der Waals surface area contributed by atoms with Crippen LogP contribution in [0.15, 0.2) is 17.2 Å². The number of carbonyl (C=O) groups excluding carboxylic acids is 2. The minimum absolute atomic E-state index is 0.0360. The summed E-state index contributed by atoms with van der Waals surface area (Å²) in [5.74, 6) is 0.132. The average molecular weight is 451 g/mol. The summed E-state index contributed by atoms with van der Waals surface area (Å²) in [5.41, 5.74) is 9.13. The lowest BCUT2D eigenvalue weighted by atomic mass is 9.74. The van der Waals surface area contributed by atoms with Gasteiger partial charge in [-0.2, -0.15) is 5.10 Å². The Hall–Kier alpha value is -2.83. The Balaban J connectivity index is 1.69. The summed E-state index contributed by atoms with van der Waals surface area (Å²) < 4.78 is 5.22. The summed E-state index contributed by atoms with van der Waals surface area (Å²) in [6.07, 6.45) is 6.59. The van der Waals surface area contributed by atoms with Crippen LogP contribution in [0, 0.1) is 5.92 Å². The minimum Gasteiger partial charge on any atom is -0.465 e. The first-order valence-electron chi connectivity index (χ1n) is 12.5. The predicted molar refractivity (Wildman–Crippen MR) is 130 cm³/mol. The van der Waals surface area contributed by atoms with E-state index in [1.165, 1.54) is 5.56 Å². The van der Waals surface area contributed by atoms with Crippen LogP contribution in [-0.2, 0) is 26.2 Å². The van der Waals surface area contributed by atoms with Gasteiger partial charge in [-0.3, -0.25) is 9.59 Å². The quantitative estimate of drug-likeness (QED) is 0.620. The van der Waals surface area contributed by atoms with E-state index >= 15 is 0 Å². The van der Waals surface area contributed by atoms with Crippen molar-refractivity contribution in [2.24, 2.45) is 11.0 Å². The Morgan fingerprint density at radius 3 is 2.76 bits per heavy atom. The highest BCUT2D eigenvalue weighted by Gasteiger charge is 2.50. The van der Waals surface area contributed by atoms with Crippen molar-refractivity contribution in [2.75, 3.05) is 24.6 Å². The van der Waals surface area contributed by atoms with Crippen LogP contribution in [0.1, 0.15) is 76.1 Å². The van der Waals surface area contributed by atoms with Crippen molar-refractivity contribution in [3.05, 3.63) is 29.0 Å². The summed E-state index contributed by atoms with van der Waals surface area (Å²) >= 11 is 0. The molecule has 1 aromatic heterocycles. The van der Waals surface area contributed by atoms with E-state index in [1.54, 1.807) is 11.8 Å². The van der Waals surface area contributed by atoms with Gasteiger partial charge in [0.2, 0.25) is 5.91 Å². The van der Waals surface area contributed by atoms with E-state index in [0.29, 0.717) is 12.5 Å². The van der Waals surface area contributed by atoms with E-state index in [9.17, 15) is 9.59 Å². The van der Waals surface area contributed by atoms with Gasteiger partial charge >= 0.3 is 5.97 Å². The van der Waals surface area contributed by atoms with Crippen LogP contribution in [0.3, 0.4) is 0 Å². The lowest BCUT2D eigenvalue weighted by molar-refractivity contribution is -0.142. The topological polar surface area (TPSA) is 86.8 Å². The number of esters is 1. The van der Waals surface area contributed by atoms with Crippen molar-refractivity contribution in [2.45, 2.75) is 71.1 Å². The lowest BCUT2D eigenvalue weighted by Crippen LogP contribution is -2.42. The second-order valence-corrected chi connectivity index (χ2v) is 9.62. The zero-order valence-corrected chi connectivity index (χ0v) is 19.9. The molecule has 33 heavy (non-hydrogen) atoms. The SMILES string of the molecule is CCCC1(CCC)C(=O)N(CC(=O)OCC)c2cc3c4c([nH]c3cc21)C1=NNCC1CCC4. The van der Waals surface area contributed by atoms with E-state index in [-0.39, 0.29) is 18.4 Å². The molecular formula is C26H34N4O3. The van der Waals surface area contributed by atoms with Crippen molar-refractivity contribution in [1.82, 2.24) is 10.4 Å². The molecule has 2 aromatic rings. The van der Waals surface area contributed by atoms with Gasteiger partial charge in [0.15, 0.2) is 0 Å². The van der Waals surface area contributed by atoms with Gasteiger partial charge in [-0.1, -0.05) is 26.7 Å². The molecule has 3 heterocycles. The molecule has 176 valence electrons. The first-order valence-corrected chi connectivity index (χ1v) is 12.5. The number of hydrazone groups is 1. The van der Waals surface area contributed by atoms with Gasteiger partial charge in [0.05, 0.1) is 23.4 Å². The maximum absolute atomic E-state index is 13.9. The van der Waals surface area contributed by atoms with E-state index in [0.717, 1.165) is 85.0 Å². The number of fused-ring (bicyclic) bond motifs is 6. The number of nitrogens with zero attached hydrogens (tertiary/aromatic N) is 2. The molecule has 3 aliphatic rings. The van der Waals surface area contributed by atoms with E-state index in [1.807, 2.05) is 0 Å². The largest absolute Gasteiger partial charge is 0.465 e. The van der Waals surface area contributed by atoms with Crippen molar-refractivity contribution in [3.8, 4) is 0 Å². The van der Waals surface area contributed by atoms with Gasteiger partial charge in [-0.25, -0.2) is 0 Å². The molecule has 1 aromatic carbocycles. The number of anilines is 1. The third kappa shape index (κ3) is 3.35.